The van der Waals surface area contributed by atoms with E-state index in [4.69, 9.17) is 14.4 Å². The van der Waals surface area contributed by atoms with Crippen LogP contribution in [0.2, 0.25) is 0 Å². The van der Waals surface area contributed by atoms with Crippen LogP contribution in [-0.2, 0) is 0 Å². The second-order valence-corrected chi connectivity index (χ2v) is 4.62. The molecule has 0 saturated carbocycles. The standard InChI is InChI=1S/C16H16N4O3/c1-4-22-14-7-11(5-6-13(14)21)9-18-20-16-12(8-17)19-15(23-16)10(2)3/h5-7,9,20-21H,2,4H2,1,3H3/b18-9+. The number of nitrogens with one attached hydrogen (secondary N) is 1. The average molecular weight is 312 g/mol. The first-order valence-electron chi connectivity index (χ1n) is 6.86. The molecule has 0 aliphatic carbocycles. The molecule has 0 amide bonds. The van der Waals surface area contributed by atoms with Gasteiger partial charge in [0.15, 0.2) is 11.5 Å². The number of benzene rings is 1. The first kappa shape index (κ1) is 16.1. The van der Waals surface area contributed by atoms with Crippen LogP contribution in [0, 0.1) is 11.3 Å². The number of rotatable bonds is 6. The Bertz CT molecular complexity index is 787. The van der Waals surface area contributed by atoms with E-state index in [9.17, 15) is 5.11 Å². The lowest BCUT2D eigenvalue weighted by atomic mass is 10.2. The lowest BCUT2D eigenvalue weighted by Crippen LogP contribution is -1.94. The number of ether oxygens (including phenoxy) is 1. The molecule has 7 nitrogen and oxygen atoms in total. The van der Waals surface area contributed by atoms with Gasteiger partial charge in [0.25, 0.3) is 5.88 Å². The predicted octanol–water partition coefficient (Wildman–Crippen LogP) is 3.13. The average Bonchev–Trinajstić information content (AvgIpc) is 2.94. The Balaban J connectivity index is 2.15. The highest BCUT2D eigenvalue weighted by Gasteiger charge is 2.12. The summed E-state index contributed by atoms with van der Waals surface area (Å²) < 4.78 is 10.7. The fourth-order valence-electron chi connectivity index (χ4n) is 1.70. The van der Waals surface area contributed by atoms with Crippen molar-refractivity contribution in [3.63, 3.8) is 0 Å². The molecular formula is C16H16N4O3. The predicted molar refractivity (Wildman–Crippen MR) is 86.4 cm³/mol. The van der Waals surface area contributed by atoms with E-state index in [0.29, 0.717) is 23.5 Å². The number of oxazole rings is 1. The van der Waals surface area contributed by atoms with Crippen molar-refractivity contribution >= 4 is 17.7 Å². The lowest BCUT2D eigenvalue weighted by Gasteiger charge is -2.05. The van der Waals surface area contributed by atoms with Crippen LogP contribution in [0.5, 0.6) is 11.5 Å². The van der Waals surface area contributed by atoms with Crippen molar-refractivity contribution in [1.29, 1.82) is 5.26 Å². The van der Waals surface area contributed by atoms with Gasteiger partial charge in [0.05, 0.1) is 12.8 Å². The van der Waals surface area contributed by atoms with Gasteiger partial charge in [-0.1, -0.05) is 6.58 Å². The maximum Gasteiger partial charge on any atom is 0.252 e. The molecule has 0 fully saturated rings. The fourth-order valence-corrected chi connectivity index (χ4v) is 1.70. The molecule has 7 heteroatoms. The van der Waals surface area contributed by atoms with E-state index in [1.807, 2.05) is 13.0 Å². The van der Waals surface area contributed by atoms with E-state index >= 15 is 0 Å². The van der Waals surface area contributed by atoms with Crippen molar-refractivity contribution in [2.45, 2.75) is 13.8 Å². The highest BCUT2D eigenvalue weighted by molar-refractivity contribution is 5.81. The molecule has 0 unspecified atom stereocenters. The Morgan fingerprint density at radius 3 is 3.04 bits per heavy atom. The third-order valence-corrected chi connectivity index (χ3v) is 2.76. The van der Waals surface area contributed by atoms with Gasteiger partial charge in [-0.15, -0.1) is 0 Å². The van der Waals surface area contributed by atoms with Crippen molar-refractivity contribution < 1.29 is 14.3 Å². The minimum atomic E-state index is 0.0602. The van der Waals surface area contributed by atoms with E-state index < -0.39 is 0 Å². The summed E-state index contributed by atoms with van der Waals surface area (Å²) in [4.78, 5) is 3.99. The van der Waals surface area contributed by atoms with Crippen LogP contribution in [0.15, 0.2) is 34.3 Å². The number of phenols is 1. The Hall–Kier alpha value is -3.27. The minimum absolute atomic E-state index is 0.0602. The van der Waals surface area contributed by atoms with E-state index in [0.717, 1.165) is 0 Å². The summed E-state index contributed by atoms with van der Waals surface area (Å²) in [5.41, 5.74) is 4.04. The number of allylic oxidation sites excluding steroid dienone is 1. The number of phenolic OH excluding ortho intramolecular Hbond substituents is 1. The van der Waals surface area contributed by atoms with Crippen LogP contribution in [-0.4, -0.2) is 22.9 Å². The summed E-state index contributed by atoms with van der Waals surface area (Å²) in [5.74, 6) is 0.858. The summed E-state index contributed by atoms with van der Waals surface area (Å²) >= 11 is 0. The van der Waals surface area contributed by atoms with Crippen LogP contribution in [0.25, 0.3) is 5.57 Å². The zero-order chi connectivity index (χ0) is 16.8. The van der Waals surface area contributed by atoms with Crippen LogP contribution in [0.3, 0.4) is 0 Å². The maximum atomic E-state index is 9.64. The number of aromatic nitrogens is 1. The molecule has 0 spiro atoms. The van der Waals surface area contributed by atoms with Gasteiger partial charge in [0.2, 0.25) is 11.6 Å². The van der Waals surface area contributed by atoms with Gasteiger partial charge in [-0.2, -0.15) is 15.3 Å². The number of nitrogens with zero attached hydrogens (tertiary/aromatic N) is 3. The van der Waals surface area contributed by atoms with E-state index in [1.165, 1.54) is 12.3 Å². The molecule has 2 N–H and O–H groups in total. The molecule has 23 heavy (non-hydrogen) atoms. The van der Waals surface area contributed by atoms with Gasteiger partial charge in [-0.3, -0.25) is 0 Å². The van der Waals surface area contributed by atoms with Crippen molar-refractivity contribution in [2.24, 2.45) is 5.10 Å². The third-order valence-electron chi connectivity index (χ3n) is 2.76. The Morgan fingerprint density at radius 1 is 1.61 bits per heavy atom. The molecule has 0 aliphatic rings. The largest absolute Gasteiger partial charge is 0.504 e. The quantitative estimate of drug-likeness (QED) is 0.627. The topological polar surface area (TPSA) is 104 Å². The van der Waals surface area contributed by atoms with E-state index in [1.54, 1.807) is 19.1 Å². The summed E-state index contributed by atoms with van der Waals surface area (Å²) in [6.45, 7) is 7.71. The summed E-state index contributed by atoms with van der Waals surface area (Å²) in [5, 5.41) is 22.7. The highest BCUT2D eigenvalue weighted by Crippen LogP contribution is 2.26. The molecule has 118 valence electrons. The first-order chi connectivity index (χ1) is 11.0. The first-order valence-corrected chi connectivity index (χ1v) is 6.86. The number of nitriles is 1. The molecule has 1 heterocycles. The molecule has 1 aromatic heterocycles. The molecule has 1 aromatic carbocycles. The minimum Gasteiger partial charge on any atom is -0.504 e. The summed E-state index contributed by atoms with van der Waals surface area (Å²) in [7, 11) is 0. The summed E-state index contributed by atoms with van der Waals surface area (Å²) in [6, 6.07) is 6.75. The van der Waals surface area contributed by atoms with Crippen molar-refractivity contribution in [3.05, 3.63) is 41.9 Å². The van der Waals surface area contributed by atoms with Crippen LogP contribution < -0.4 is 10.2 Å². The lowest BCUT2D eigenvalue weighted by molar-refractivity contribution is 0.318. The van der Waals surface area contributed by atoms with Gasteiger partial charge in [0.1, 0.15) is 6.07 Å². The molecule has 0 bridgehead atoms. The third kappa shape index (κ3) is 3.89. The van der Waals surface area contributed by atoms with Gasteiger partial charge >= 0.3 is 0 Å². The SMILES string of the molecule is C=C(C)c1nc(C#N)c(N/N=C/c2ccc(O)c(OCC)c2)o1. The number of hydrogen-bond acceptors (Lipinski definition) is 7. The normalized spacial score (nSPS) is 10.5. The molecule has 0 saturated heterocycles. The summed E-state index contributed by atoms with van der Waals surface area (Å²) in [6.07, 6.45) is 1.51. The number of hydrogen-bond donors (Lipinski definition) is 2. The molecule has 2 rings (SSSR count). The number of hydrazone groups is 1. The van der Waals surface area contributed by atoms with E-state index in [2.05, 4.69) is 22.1 Å². The Labute approximate surface area is 133 Å². The molecule has 2 aromatic rings. The highest BCUT2D eigenvalue weighted by atomic mass is 16.5. The van der Waals surface area contributed by atoms with Gasteiger partial charge in [-0.25, -0.2) is 5.43 Å². The fraction of sp³-hybridized carbons (Fsp3) is 0.188. The monoisotopic (exact) mass is 312 g/mol. The molecule has 0 aliphatic heterocycles. The maximum absolute atomic E-state index is 9.64. The van der Waals surface area contributed by atoms with Crippen LogP contribution in [0.4, 0.5) is 5.88 Å². The van der Waals surface area contributed by atoms with Crippen molar-refractivity contribution in [3.8, 4) is 17.6 Å². The number of anilines is 1. The molecule has 0 radical (unpaired) electrons. The number of aromatic hydroxyl groups is 1. The van der Waals surface area contributed by atoms with Crippen molar-refractivity contribution in [2.75, 3.05) is 12.0 Å². The van der Waals surface area contributed by atoms with Crippen molar-refractivity contribution in [1.82, 2.24) is 4.98 Å². The smallest absolute Gasteiger partial charge is 0.252 e. The van der Waals surface area contributed by atoms with Gasteiger partial charge in [0, 0.05) is 5.57 Å². The Morgan fingerprint density at radius 2 is 2.39 bits per heavy atom. The van der Waals surface area contributed by atoms with Crippen LogP contribution >= 0.6 is 0 Å². The molecule has 0 atom stereocenters. The second-order valence-electron chi connectivity index (χ2n) is 4.62. The molecular weight excluding hydrogens is 296 g/mol. The second kappa shape index (κ2) is 7.13. The zero-order valence-corrected chi connectivity index (χ0v) is 12.8. The van der Waals surface area contributed by atoms with Crippen LogP contribution in [0.1, 0.15) is 31.0 Å². The van der Waals surface area contributed by atoms with Gasteiger partial charge in [-0.05, 0) is 37.6 Å². The Kier molecular flexibility index (Phi) is 5.00. The zero-order valence-electron chi connectivity index (χ0n) is 12.8. The van der Waals surface area contributed by atoms with Gasteiger partial charge < -0.3 is 14.3 Å². The van der Waals surface area contributed by atoms with E-state index in [-0.39, 0.29) is 23.2 Å².